The molecule has 5 nitrogen and oxygen atoms in total. The van der Waals surface area contributed by atoms with Crippen LogP contribution in [0.25, 0.3) is 0 Å². The van der Waals surface area contributed by atoms with Crippen LogP contribution in [0.1, 0.15) is 11.1 Å². The molecular formula is C20H24F3N2O3+. The quantitative estimate of drug-likeness (QED) is 0.813. The molecule has 0 saturated carbocycles. The maximum Gasteiger partial charge on any atom is 0.416 e. The van der Waals surface area contributed by atoms with E-state index in [-0.39, 0.29) is 5.75 Å². The molecule has 1 fully saturated rings. The number of hydrogen-bond donors (Lipinski definition) is 2. The first-order valence-electron chi connectivity index (χ1n) is 9.01. The van der Waals surface area contributed by atoms with Crippen LogP contribution in [0.3, 0.4) is 0 Å². The van der Waals surface area contributed by atoms with E-state index < -0.39 is 11.7 Å². The lowest BCUT2D eigenvalue weighted by molar-refractivity contribution is -0.914. The van der Waals surface area contributed by atoms with E-state index in [4.69, 9.17) is 9.47 Å². The average Bonchev–Trinajstić information content (AvgIpc) is 2.69. The number of alkyl halides is 3. The van der Waals surface area contributed by atoms with E-state index in [1.807, 2.05) is 4.90 Å². The van der Waals surface area contributed by atoms with Crippen molar-refractivity contribution in [2.45, 2.75) is 12.7 Å². The first kappa shape index (κ1) is 20.1. The van der Waals surface area contributed by atoms with Gasteiger partial charge in [0.1, 0.15) is 6.54 Å². The van der Waals surface area contributed by atoms with Gasteiger partial charge in [-0.05, 0) is 30.3 Å². The first-order chi connectivity index (χ1) is 13.3. The molecule has 0 atom stereocenters. The highest BCUT2D eigenvalue weighted by molar-refractivity contribution is 5.52. The van der Waals surface area contributed by atoms with Gasteiger partial charge in [0.2, 0.25) is 5.75 Å². The van der Waals surface area contributed by atoms with Crippen molar-refractivity contribution in [3.8, 4) is 17.2 Å². The molecule has 0 spiro atoms. The van der Waals surface area contributed by atoms with E-state index in [1.165, 1.54) is 31.3 Å². The van der Waals surface area contributed by atoms with Crippen LogP contribution in [0.2, 0.25) is 0 Å². The third-order valence-corrected chi connectivity index (χ3v) is 5.00. The molecule has 0 amide bonds. The number of hydrogen-bond acceptors (Lipinski definition) is 4. The molecule has 2 N–H and O–H groups in total. The van der Waals surface area contributed by atoms with Crippen molar-refractivity contribution in [3.05, 3.63) is 47.5 Å². The van der Waals surface area contributed by atoms with Crippen LogP contribution in [-0.4, -0.2) is 45.5 Å². The fourth-order valence-corrected chi connectivity index (χ4v) is 3.48. The molecule has 1 aliphatic rings. The summed E-state index contributed by atoms with van der Waals surface area (Å²) in [6.45, 7) is 3.64. The summed E-state index contributed by atoms with van der Waals surface area (Å²) in [4.78, 5) is 3.29. The Hall–Kier alpha value is -2.61. The van der Waals surface area contributed by atoms with Gasteiger partial charge in [-0.2, -0.15) is 13.2 Å². The van der Waals surface area contributed by atoms with Gasteiger partial charge in [0.15, 0.2) is 11.5 Å². The lowest BCUT2D eigenvalue weighted by atomic mass is 10.1. The zero-order valence-corrected chi connectivity index (χ0v) is 15.8. The number of aromatic hydroxyl groups is 1. The number of anilines is 1. The molecule has 0 bridgehead atoms. The van der Waals surface area contributed by atoms with Crippen LogP contribution in [0.15, 0.2) is 36.4 Å². The third kappa shape index (κ3) is 4.44. The molecule has 28 heavy (non-hydrogen) atoms. The zero-order chi connectivity index (χ0) is 20.3. The predicted molar refractivity (Wildman–Crippen MR) is 99.3 cm³/mol. The topological polar surface area (TPSA) is 46.4 Å². The summed E-state index contributed by atoms with van der Waals surface area (Å²) in [5.41, 5.74) is 0.943. The van der Waals surface area contributed by atoms with Gasteiger partial charge < -0.3 is 24.4 Å². The Morgan fingerprint density at radius 3 is 2.18 bits per heavy atom. The van der Waals surface area contributed by atoms with Gasteiger partial charge in [-0.25, -0.2) is 0 Å². The number of phenolic OH excluding ortho intramolecular Hbond substituents is 1. The average molecular weight is 397 g/mol. The van der Waals surface area contributed by atoms with E-state index in [1.54, 1.807) is 18.2 Å². The first-order valence-corrected chi connectivity index (χ1v) is 9.01. The van der Waals surface area contributed by atoms with Gasteiger partial charge >= 0.3 is 6.18 Å². The van der Waals surface area contributed by atoms with Crippen molar-refractivity contribution >= 4 is 5.69 Å². The molecule has 0 radical (unpaired) electrons. The maximum absolute atomic E-state index is 12.9. The summed E-state index contributed by atoms with van der Waals surface area (Å²) < 4.78 is 49.2. The number of benzene rings is 2. The van der Waals surface area contributed by atoms with Gasteiger partial charge in [0.05, 0.1) is 46.0 Å². The van der Waals surface area contributed by atoms with Gasteiger partial charge in [-0.15, -0.1) is 0 Å². The second-order valence-electron chi connectivity index (χ2n) is 6.81. The Labute approximate surface area is 161 Å². The van der Waals surface area contributed by atoms with Crippen molar-refractivity contribution in [1.29, 1.82) is 0 Å². The molecule has 0 aromatic heterocycles. The number of quaternary nitrogens is 1. The Kier molecular flexibility index (Phi) is 5.88. The number of ether oxygens (including phenoxy) is 2. The lowest BCUT2D eigenvalue weighted by Crippen LogP contribution is -3.13. The minimum Gasteiger partial charge on any atom is -0.502 e. The molecule has 152 valence electrons. The number of halogens is 3. The molecule has 1 heterocycles. The number of piperazine rings is 1. The summed E-state index contributed by atoms with van der Waals surface area (Å²) in [5, 5.41) is 10.0. The van der Waals surface area contributed by atoms with Crippen LogP contribution in [0, 0.1) is 0 Å². The van der Waals surface area contributed by atoms with Crippen molar-refractivity contribution in [1.82, 2.24) is 0 Å². The van der Waals surface area contributed by atoms with Gasteiger partial charge in [0.25, 0.3) is 0 Å². The smallest absolute Gasteiger partial charge is 0.416 e. The molecule has 1 aliphatic heterocycles. The highest BCUT2D eigenvalue weighted by atomic mass is 19.4. The number of nitrogens with one attached hydrogen (secondary N) is 1. The third-order valence-electron chi connectivity index (χ3n) is 5.00. The summed E-state index contributed by atoms with van der Waals surface area (Å²) in [5.74, 6) is 0.686. The van der Waals surface area contributed by atoms with E-state index in [2.05, 4.69) is 0 Å². The van der Waals surface area contributed by atoms with Crippen LogP contribution >= 0.6 is 0 Å². The second-order valence-corrected chi connectivity index (χ2v) is 6.81. The van der Waals surface area contributed by atoms with Gasteiger partial charge in [-0.1, -0.05) is 6.07 Å². The maximum atomic E-state index is 12.9. The van der Waals surface area contributed by atoms with Crippen molar-refractivity contribution in [2.24, 2.45) is 0 Å². The molecular weight excluding hydrogens is 373 g/mol. The predicted octanol–water partition coefficient (Wildman–Crippen LogP) is 2.33. The van der Waals surface area contributed by atoms with Crippen LogP contribution < -0.4 is 19.3 Å². The zero-order valence-electron chi connectivity index (χ0n) is 15.8. The molecule has 8 heteroatoms. The van der Waals surface area contributed by atoms with Crippen LogP contribution in [0.5, 0.6) is 17.2 Å². The number of phenols is 1. The fourth-order valence-electron chi connectivity index (χ4n) is 3.48. The van der Waals surface area contributed by atoms with Crippen LogP contribution in [0.4, 0.5) is 18.9 Å². The van der Waals surface area contributed by atoms with E-state index in [0.717, 1.165) is 24.7 Å². The Morgan fingerprint density at radius 1 is 1.04 bits per heavy atom. The van der Waals surface area contributed by atoms with Crippen molar-refractivity contribution in [3.63, 3.8) is 0 Å². The minimum atomic E-state index is -4.33. The highest BCUT2D eigenvalue weighted by Crippen LogP contribution is 2.37. The Balaban J connectivity index is 1.65. The Morgan fingerprint density at radius 2 is 1.64 bits per heavy atom. The number of methoxy groups -OCH3 is 2. The van der Waals surface area contributed by atoms with Crippen LogP contribution in [-0.2, 0) is 12.7 Å². The minimum absolute atomic E-state index is 0.0295. The summed E-state index contributed by atoms with van der Waals surface area (Å²) >= 11 is 0. The standard InChI is InChI=1S/C20H23F3N2O3/c1-27-17-10-14(11-18(28-2)19(17)26)13-24-6-8-25(9-7-24)16-5-3-4-15(12-16)20(21,22)23/h3-5,10-12,26H,6-9,13H2,1-2H3/p+1. The SMILES string of the molecule is COc1cc(C[NH+]2CCN(c3cccc(C(F)(F)F)c3)CC2)cc(OC)c1O. The Bertz CT molecular complexity index is 794. The monoisotopic (exact) mass is 397 g/mol. The fraction of sp³-hybridized carbons (Fsp3) is 0.400. The summed E-state index contributed by atoms with van der Waals surface area (Å²) in [6, 6.07) is 9.04. The molecule has 2 aromatic rings. The lowest BCUT2D eigenvalue weighted by Gasteiger charge is -2.34. The molecule has 1 saturated heterocycles. The highest BCUT2D eigenvalue weighted by Gasteiger charge is 2.31. The van der Waals surface area contributed by atoms with Gasteiger partial charge in [-0.3, -0.25) is 0 Å². The molecule has 2 aromatic carbocycles. The van der Waals surface area contributed by atoms with E-state index in [0.29, 0.717) is 36.8 Å². The summed E-state index contributed by atoms with van der Waals surface area (Å²) in [6.07, 6.45) is -4.33. The number of rotatable bonds is 5. The van der Waals surface area contributed by atoms with E-state index >= 15 is 0 Å². The normalized spacial score (nSPS) is 15.5. The van der Waals surface area contributed by atoms with Crippen molar-refractivity contribution in [2.75, 3.05) is 45.3 Å². The van der Waals surface area contributed by atoms with E-state index in [9.17, 15) is 18.3 Å². The largest absolute Gasteiger partial charge is 0.502 e. The van der Waals surface area contributed by atoms with Gasteiger partial charge in [0, 0.05) is 11.3 Å². The second kappa shape index (κ2) is 8.18. The van der Waals surface area contributed by atoms with Crippen molar-refractivity contribution < 1.29 is 32.7 Å². The number of nitrogens with zero attached hydrogens (tertiary/aromatic N) is 1. The molecule has 0 aliphatic carbocycles. The summed E-state index contributed by atoms with van der Waals surface area (Å²) in [7, 11) is 2.97. The molecule has 3 rings (SSSR count). The molecule has 0 unspecified atom stereocenters.